The molecule has 1 N–H and O–H groups in total. The van der Waals surface area contributed by atoms with Crippen molar-refractivity contribution in [2.45, 2.75) is 13.8 Å². The molecule has 0 saturated carbocycles. The van der Waals surface area contributed by atoms with Gasteiger partial charge in [0.05, 0.1) is 18.0 Å². The highest BCUT2D eigenvalue weighted by atomic mass is 35.5. The van der Waals surface area contributed by atoms with Crippen LogP contribution in [0.4, 0.5) is 17.1 Å². The topological polar surface area (TPSA) is 57.4 Å². The van der Waals surface area contributed by atoms with Crippen LogP contribution in [0.5, 0.6) is 11.5 Å². The molecule has 0 aliphatic heterocycles. The van der Waals surface area contributed by atoms with E-state index in [0.717, 1.165) is 40.7 Å². The highest BCUT2D eigenvalue weighted by Gasteiger charge is 2.06. The molecule has 0 bridgehead atoms. The molecule has 150 valence electrons. The molecular formula is C23H24ClN3O2. The number of hydrogen-bond acceptors (Lipinski definition) is 5. The van der Waals surface area contributed by atoms with E-state index < -0.39 is 0 Å². The number of benzene rings is 3. The van der Waals surface area contributed by atoms with Crippen LogP contribution in [-0.4, -0.2) is 24.8 Å². The summed E-state index contributed by atoms with van der Waals surface area (Å²) in [5, 5.41) is 18.6. The van der Waals surface area contributed by atoms with Crippen molar-refractivity contribution < 1.29 is 9.84 Å². The van der Waals surface area contributed by atoms with Crippen LogP contribution in [0.1, 0.15) is 12.5 Å². The predicted octanol–water partition coefficient (Wildman–Crippen LogP) is 6.67. The van der Waals surface area contributed by atoms with Crippen molar-refractivity contribution >= 4 is 28.7 Å². The van der Waals surface area contributed by atoms with Crippen molar-refractivity contribution in [3.63, 3.8) is 0 Å². The first-order valence-electron chi connectivity index (χ1n) is 9.50. The molecule has 0 unspecified atom stereocenters. The van der Waals surface area contributed by atoms with Gasteiger partial charge in [-0.2, -0.15) is 10.2 Å². The average molecular weight is 410 g/mol. The van der Waals surface area contributed by atoms with E-state index in [2.05, 4.69) is 28.1 Å². The van der Waals surface area contributed by atoms with Gasteiger partial charge in [-0.25, -0.2) is 0 Å². The minimum atomic E-state index is 0.131. The van der Waals surface area contributed by atoms with Crippen LogP contribution in [0.3, 0.4) is 0 Å². The first-order chi connectivity index (χ1) is 14.1. The van der Waals surface area contributed by atoms with Gasteiger partial charge in [0.15, 0.2) is 0 Å². The molecule has 0 amide bonds. The summed E-state index contributed by atoms with van der Waals surface area (Å²) in [5.41, 5.74) is 3.66. The molecule has 0 fully saturated rings. The Balaban J connectivity index is 1.67. The van der Waals surface area contributed by atoms with Gasteiger partial charge in [0.2, 0.25) is 0 Å². The van der Waals surface area contributed by atoms with Gasteiger partial charge >= 0.3 is 0 Å². The minimum Gasteiger partial charge on any atom is -0.457 e. The number of anilines is 1. The van der Waals surface area contributed by atoms with Gasteiger partial charge in [0, 0.05) is 23.8 Å². The Hall–Kier alpha value is -2.89. The lowest BCUT2D eigenvalue weighted by Gasteiger charge is -2.22. The standard InChI is InChI=1S/C23H24ClN3O2/c1-3-27(14-15-28)20-8-13-23(17(2)16-20)26-25-19-6-11-22(12-7-19)29-21-9-4-18(24)5-10-21/h4-13,16,28H,3,14-15H2,1-2H3. The second-order valence-electron chi connectivity index (χ2n) is 6.52. The summed E-state index contributed by atoms with van der Waals surface area (Å²) in [5.74, 6) is 1.44. The smallest absolute Gasteiger partial charge is 0.127 e. The van der Waals surface area contributed by atoms with E-state index in [4.69, 9.17) is 16.3 Å². The van der Waals surface area contributed by atoms with Crippen LogP contribution in [0.2, 0.25) is 5.02 Å². The second-order valence-corrected chi connectivity index (χ2v) is 6.96. The van der Waals surface area contributed by atoms with Gasteiger partial charge < -0.3 is 14.7 Å². The summed E-state index contributed by atoms with van der Waals surface area (Å²) in [6.07, 6.45) is 0. The summed E-state index contributed by atoms with van der Waals surface area (Å²) in [4.78, 5) is 2.12. The predicted molar refractivity (Wildman–Crippen MR) is 118 cm³/mol. The van der Waals surface area contributed by atoms with Crippen LogP contribution < -0.4 is 9.64 Å². The summed E-state index contributed by atoms with van der Waals surface area (Å²) >= 11 is 5.89. The van der Waals surface area contributed by atoms with Gasteiger partial charge in [-0.3, -0.25) is 0 Å². The Morgan fingerprint density at radius 2 is 1.59 bits per heavy atom. The number of aliphatic hydroxyl groups is 1. The van der Waals surface area contributed by atoms with Crippen molar-refractivity contribution in [2.24, 2.45) is 10.2 Å². The van der Waals surface area contributed by atoms with Crippen molar-refractivity contribution in [3.8, 4) is 11.5 Å². The zero-order valence-corrected chi connectivity index (χ0v) is 17.3. The van der Waals surface area contributed by atoms with E-state index in [1.807, 2.05) is 55.5 Å². The number of hydrogen-bond donors (Lipinski definition) is 1. The monoisotopic (exact) mass is 409 g/mol. The number of halogens is 1. The third-order valence-corrected chi connectivity index (χ3v) is 4.71. The fourth-order valence-electron chi connectivity index (χ4n) is 2.87. The van der Waals surface area contributed by atoms with Crippen molar-refractivity contribution in [3.05, 3.63) is 77.3 Å². The first-order valence-corrected chi connectivity index (χ1v) is 9.88. The third kappa shape index (κ3) is 5.79. The van der Waals surface area contributed by atoms with Gasteiger partial charge in [-0.15, -0.1) is 0 Å². The molecule has 0 spiro atoms. The molecule has 6 heteroatoms. The SMILES string of the molecule is CCN(CCO)c1ccc(N=Nc2ccc(Oc3ccc(Cl)cc3)cc2)c(C)c1. The van der Waals surface area contributed by atoms with Crippen LogP contribution in [0.25, 0.3) is 0 Å². The molecule has 0 aliphatic rings. The van der Waals surface area contributed by atoms with Crippen molar-refractivity contribution in [1.82, 2.24) is 0 Å². The van der Waals surface area contributed by atoms with Gasteiger partial charge in [-0.1, -0.05) is 11.6 Å². The maximum atomic E-state index is 9.19. The fraction of sp³-hybridized carbons (Fsp3) is 0.217. The maximum Gasteiger partial charge on any atom is 0.127 e. The van der Waals surface area contributed by atoms with Crippen LogP contribution in [0, 0.1) is 6.92 Å². The number of aliphatic hydroxyl groups excluding tert-OH is 1. The number of rotatable bonds is 8. The number of azo groups is 1. The van der Waals surface area contributed by atoms with Gasteiger partial charge in [-0.05, 0) is 86.1 Å². The molecule has 0 aliphatic carbocycles. The summed E-state index contributed by atoms with van der Waals surface area (Å²) < 4.78 is 5.78. The van der Waals surface area contributed by atoms with Crippen LogP contribution >= 0.6 is 11.6 Å². The molecule has 3 aromatic carbocycles. The normalized spacial score (nSPS) is 11.0. The highest BCUT2D eigenvalue weighted by molar-refractivity contribution is 6.30. The summed E-state index contributed by atoms with van der Waals surface area (Å²) in [6, 6.07) is 20.7. The Morgan fingerprint density at radius 3 is 2.17 bits per heavy atom. The lowest BCUT2D eigenvalue weighted by atomic mass is 10.1. The number of likely N-dealkylation sites (N-methyl/N-ethyl adjacent to an activating group) is 1. The molecular weight excluding hydrogens is 386 g/mol. The Bertz CT molecular complexity index is 957. The average Bonchev–Trinajstić information content (AvgIpc) is 2.74. The van der Waals surface area contributed by atoms with E-state index in [1.165, 1.54) is 0 Å². The minimum absolute atomic E-state index is 0.131. The van der Waals surface area contributed by atoms with E-state index >= 15 is 0 Å². The second kappa shape index (κ2) is 10.0. The lowest BCUT2D eigenvalue weighted by molar-refractivity contribution is 0.302. The Morgan fingerprint density at radius 1 is 0.931 bits per heavy atom. The zero-order valence-electron chi connectivity index (χ0n) is 16.5. The van der Waals surface area contributed by atoms with E-state index in [9.17, 15) is 5.11 Å². The molecule has 29 heavy (non-hydrogen) atoms. The van der Waals surface area contributed by atoms with E-state index in [0.29, 0.717) is 11.6 Å². The number of ether oxygens (including phenoxy) is 1. The Labute approximate surface area is 176 Å². The number of aryl methyl sites for hydroxylation is 1. The van der Waals surface area contributed by atoms with E-state index in [-0.39, 0.29) is 6.61 Å². The molecule has 0 aromatic heterocycles. The first kappa shape index (κ1) is 20.8. The quantitative estimate of drug-likeness (QED) is 0.422. The fourth-order valence-corrected chi connectivity index (χ4v) is 3.00. The third-order valence-electron chi connectivity index (χ3n) is 4.46. The zero-order chi connectivity index (χ0) is 20.6. The molecule has 3 rings (SSSR count). The summed E-state index contributed by atoms with van der Waals surface area (Å²) in [6.45, 7) is 5.66. The molecule has 0 heterocycles. The van der Waals surface area contributed by atoms with Gasteiger partial charge in [0.25, 0.3) is 0 Å². The molecule has 3 aromatic rings. The van der Waals surface area contributed by atoms with Crippen LogP contribution in [-0.2, 0) is 0 Å². The lowest BCUT2D eigenvalue weighted by Crippen LogP contribution is -2.26. The Kier molecular flexibility index (Phi) is 7.22. The van der Waals surface area contributed by atoms with Crippen molar-refractivity contribution in [1.29, 1.82) is 0 Å². The highest BCUT2D eigenvalue weighted by Crippen LogP contribution is 2.28. The largest absolute Gasteiger partial charge is 0.457 e. The van der Waals surface area contributed by atoms with E-state index in [1.54, 1.807) is 12.1 Å². The number of nitrogens with zero attached hydrogens (tertiary/aromatic N) is 3. The molecule has 0 atom stereocenters. The maximum absolute atomic E-state index is 9.19. The molecule has 0 radical (unpaired) electrons. The van der Waals surface area contributed by atoms with Gasteiger partial charge in [0.1, 0.15) is 11.5 Å². The summed E-state index contributed by atoms with van der Waals surface area (Å²) in [7, 11) is 0. The molecule has 0 saturated heterocycles. The van der Waals surface area contributed by atoms with Crippen LogP contribution in [0.15, 0.2) is 77.0 Å². The van der Waals surface area contributed by atoms with Crippen molar-refractivity contribution in [2.75, 3.05) is 24.6 Å². The molecule has 5 nitrogen and oxygen atoms in total.